The third-order valence-electron chi connectivity index (χ3n) is 3.18. The summed E-state index contributed by atoms with van der Waals surface area (Å²) >= 11 is 0. The average Bonchev–Trinajstić information content (AvgIpc) is 2.30. The van der Waals surface area contributed by atoms with Crippen LogP contribution in [-0.4, -0.2) is 5.91 Å². The maximum atomic E-state index is 11.6. The van der Waals surface area contributed by atoms with Crippen LogP contribution in [0.4, 0.5) is 0 Å². The summed E-state index contributed by atoms with van der Waals surface area (Å²) in [6.07, 6.45) is 4.95. The van der Waals surface area contributed by atoms with Crippen LogP contribution in [0.1, 0.15) is 49.8 Å². The largest absolute Gasteiger partial charge is 0.349 e. The van der Waals surface area contributed by atoms with Crippen LogP contribution in [0.3, 0.4) is 0 Å². The second kappa shape index (κ2) is 5.15. The Morgan fingerprint density at radius 1 is 1.44 bits per heavy atom. The molecule has 1 N–H and O–H groups in total. The Morgan fingerprint density at radius 2 is 2.25 bits per heavy atom. The van der Waals surface area contributed by atoms with E-state index in [4.69, 9.17) is 0 Å². The molecule has 86 valence electrons. The van der Waals surface area contributed by atoms with Gasteiger partial charge in [0.1, 0.15) is 0 Å². The van der Waals surface area contributed by atoms with Crippen molar-refractivity contribution in [2.75, 3.05) is 0 Å². The monoisotopic (exact) mass is 217 g/mol. The van der Waals surface area contributed by atoms with E-state index in [9.17, 15) is 4.79 Å². The zero-order chi connectivity index (χ0) is 11.4. The van der Waals surface area contributed by atoms with Gasteiger partial charge in [0.05, 0.1) is 6.04 Å². The van der Waals surface area contributed by atoms with Gasteiger partial charge in [-0.2, -0.15) is 0 Å². The van der Waals surface area contributed by atoms with Crippen LogP contribution in [0.5, 0.6) is 0 Å². The first-order chi connectivity index (χ1) is 7.81. The van der Waals surface area contributed by atoms with Crippen LogP contribution in [0, 0.1) is 0 Å². The second-order valence-corrected chi connectivity index (χ2v) is 4.46. The van der Waals surface area contributed by atoms with Gasteiger partial charge in [0.25, 0.3) is 0 Å². The Hall–Kier alpha value is -1.31. The van der Waals surface area contributed by atoms with E-state index in [1.165, 1.54) is 17.5 Å². The van der Waals surface area contributed by atoms with Gasteiger partial charge < -0.3 is 5.32 Å². The number of carbonyl (C=O) groups is 1. The van der Waals surface area contributed by atoms with Crippen LogP contribution < -0.4 is 5.32 Å². The smallest absolute Gasteiger partial charge is 0.220 e. The van der Waals surface area contributed by atoms with Gasteiger partial charge >= 0.3 is 0 Å². The molecule has 0 spiro atoms. The highest BCUT2D eigenvalue weighted by atomic mass is 16.1. The standard InChI is InChI=1S/C14H19NO/c1-2-6-14(16)15-13-10-5-8-11-7-3-4-9-12(11)13/h3-4,7,9,13H,2,5-6,8,10H2,1H3,(H,15,16). The molecule has 1 atom stereocenters. The van der Waals surface area contributed by atoms with Crippen molar-refractivity contribution < 1.29 is 4.79 Å². The molecule has 0 bridgehead atoms. The van der Waals surface area contributed by atoms with E-state index in [-0.39, 0.29) is 11.9 Å². The fourth-order valence-corrected chi connectivity index (χ4v) is 2.40. The molecule has 2 rings (SSSR count). The fraction of sp³-hybridized carbons (Fsp3) is 0.500. The van der Waals surface area contributed by atoms with Crippen molar-refractivity contribution in [3.63, 3.8) is 0 Å². The van der Waals surface area contributed by atoms with Gasteiger partial charge in [0.2, 0.25) is 5.91 Å². The Kier molecular flexibility index (Phi) is 3.60. The summed E-state index contributed by atoms with van der Waals surface area (Å²) in [6, 6.07) is 8.70. The highest BCUT2D eigenvalue weighted by Crippen LogP contribution is 2.29. The molecule has 2 nitrogen and oxygen atoms in total. The first-order valence-electron chi connectivity index (χ1n) is 6.18. The lowest BCUT2D eigenvalue weighted by Crippen LogP contribution is -2.30. The number of rotatable bonds is 3. The van der Waals surface area contributed by atoms with Gasteiger partial charge in [-0.3, -0.25) is 4.79 Å². The Bertz CT molecular complexity index is 373. The molecule has 1 aromatic carbocycles. The van der Waals surface area contributed by atoms with E-state index >= 15 is 0 Å². The number of hydrogen-bond acceptors (Lipinski definition) is 1. The summed E-state index contributed by atoms with van der Waals surface area (Å²) in [4.78, 5) is 11.6. The molecule has 0 aromatic heterocycles. The molecule has 1 unspecified atom stereocenters. The van der Waals surface area contributed by atoms with Gasteiger partial charge in [0.15, 0.2) is 0 Å². The summed E-state index contributed by atoms with van der Waals surface area (Å²) in [5.74, 6) is 0.184. The molecule has 16 heavy (non-hydrogen) atoms. The molecule has 0 saturated heterocycles. The third-order valence-corrected chi connectivity index (χ3v) is 3.18. The molecule has 2 heteroatoms. The van der Waals surface area contributed by atoms with E-state index in [0.29, 0.717) is 6.42 Å². The van der Waals surface area contributed by atoms with E-state index in [1.54, 1.807) is 0 Å². The van der Waals surface area contributed by atoms with Gasteiger partial charge in [-0.1, -0.05) is 31.2 Å². The van der Waals surface area contributed by atoms with Crippen LogP contribution in [-0.2, 0) is 11.2 Å². The number of amides is 1. The number of carbonyl (C=O) groups excluding carboxylic acids is 1. The summed E-state index contributed by atoms with van der Waals surface area (Å²) < 4.78 is 0. The number of hydrogen-bond donors (Lipinski definition) is 1. The molecule has 0 radical (unpaired) electrons. The molecule has 0 aliphatic heterocycles. The Morgan fingerprint density at radius 3 is 3.06 bits per heavy atom. The lowest BCUT2D eigenvalue weighted by atomic mass is 9.87. The van der Waals surface area contributed by atoms with Gasteiger partial charge in [0, 0.05) is 6.42 Å². The third kappa shape index (κ3) is 2.43. The maximum Gasteiger partial charge on any atom is 0.220 e. The van der Waals surface area contributed by atoms with Crippen LogP contribution in [0.15, 0.2) is 24.3 Å². The molecular weight excluding hydrogens is 198 g/mol. The van der Waals surface area contributed by atoms with E-state index < -0.39 is 0 Å². The zero-order valence-corrected chi connectivity index (χ0v) is 9.83. The van der Waals surface area contributed by atoms with Crippen molar-refractivity contribution in [2.24, 2.45) is 0 Å². The number of nitrogens with one attached hydrogen (secondary N) is 1. The summed E-state index contributed by atoms with van der Waals surface area (Å²) in [7, 11) is 0. The van der Waals surface area contributed by atoms with Crippen LogP contribution >= 0.6 is 0 Å². The van der Waals surface area contributed by atoms with Crippen LogP contribution in [0.25, 0.3) is 0 Å². The van der Waals surface area contributed by atoms with Crippen molar-refractivity contribution in [1.82, 2.24) is 5.32 Å². The number of aryl methyl sites for hydroxylation is 1. The van der Waals surface area contributed by atoms with Crippen molar-refractivity contribution >= 4 is 5.91 Å². The molecule has 0 heterocycles. The van der Waals surface area contributed by atoms with Crippen molar-refractivity contribution in [2.45, 2.75) is 45.1 Å². The molecule has 1 aromatic rings. The van der Waals surface area contributed by atoms with Crippen molar-refractivity contribution in [3.8, 4) is 0 Å². The Labute approximate surface area is 97.1 Å². The van der Waals surface area contributed by atoms with E-state index in [0.717, 1.165) is 19.3 Å². The topological polar surface area (TPSA) is 29.1 Å². The summed E-state index contributed by atoms with van der Waals surface area (Å²) in [5.41, 5.74) is 2.72. The second-order valence-electron chi connectivity index (χ2n) is 4.46. The summed E-state index contributed by atoms with van der Waals surface area (Å²) in [6.45, 7) is 2.04. The molecule has 0 saturated carbocycles. The normalized spacial score (nSPS) is 18.9. The number of fused-ring (bicyclic) bond motifs is 1. The maximum absolute atomic E-state index is 11.6. The van der Waals surface area contributed by atoms with Crippen molar-refractivity contribution in [3.05, 3.63) is 35.4 Å². The minimum atomic E-state index is 0.184. The van der Waals surface area contributed by atoms with E-state index in [1.807, 2.05) is 6.92 Å². The molecular formula is C14H19NO. The SMILES string of the molecule is CCCC(=O)NC1CCCc2ccccc21. The lowest BCUT2D eigenvalue weighted by Gasteiger charge is -2.26. The average molecular weight is 217 g/mol. The Balaban J connectivity index is 2.10. The highest BCUT2D eigenvalue weighted by molar-refractivity contribution is 5.76. The fourth-order valence-electron chi connectivity index (χ4n) is 2.40. The molecule has 1 amide bonds. The van der Waals surface area contributed by atoms with Gasteiger partial charge in [-0.25, -0.2) is 0 Å². The van der Waals surface area contributed by atoms with Crippen LogP contribution in [0.2, 0.25) is 0 Å². The van der Waals surface area contributed by atoms with Crippen molar-refractivity contribution in [1.29, 1.82) is 0 Å². The predicted molar refractivity (Wildman–Crippen MR) is 65.2 cm³/mol. The van der Waals surface area contributed by atoms with E-state index in [2.05, 4.69) is 29.6 Å². The first-order valence-corrected chi connectivity index (χ1v) is 6.18. The minimum absolute atomic E-state index is 0.184. The molecule has 1 aliphatic rings. The quantitative estimate of drug-likeness (QED) is 0.828. The first kappa shape index (κ1) is 11.2. The lowest BCUT2D eigenvalue weighted by molar-refractivity contribution is -0.121. The van der Waals surface area contributed by atoms with Gasteiger partial charge in [-0.15, -0.1) is 0 Å². The minimum Gasteiger partial charge on any atom is -0.349 e. The van der Waals surface area contributed by atoms with Gasteiger partial charge in [-0.05, 0) is 36.8 Å². The predicted octanol–water partition coefficient (Wildman–Crippen LogP) is 2.98. The number of benzene rings is 1. The molecule has 0 fully saturated rings. The highest BCUT2D eigenvalue weighted by Gasteiger charge is 2.20. The zero-order valence-electron chi connectivity index (χ0n) is 9.83. The summed E-state index contributed by atoms with van der Waals surface area (Å²) in [5, 5.41) is 3.14. The molecule has 1 aliphatic carbocycles.